The van der Waals surface area contributed by atoms with Crippen molar-refractivity contribution in [1.82, 2.24) is 15.1 Å². The molecule has 0 aliphatic carbocycles. The van der Waals surface area contributed by atoms with E-state index in [2.05, 4.69) is 16.3 Å². The molecule has 8 heteroatoms. The van der Waals surface area contributed by atoms with E-state index in [1.807, 2.05) is 17.0 Å². The lowest BCUT2D eigenvalue weighted by Crippen LogP contribution is -2.41. The number of carbonyl (C=O) groups excluding carboxylic acids is 1. The minimum atomic E-state index is 0.00504. The molecule has 29 heavy (non-hydrogen) atoms. The minimum absolute atomic E-state index is 0.00504. The van der Waals surface area contributed by atoms with Gasteiger partial charge in [0.2, 0.25) is 0 Å². The number of methoxy groups -OCH3 is 1. The summed E-state index contributed by atoms with van der Waals surface area (Å²) < 4.78 is 16.1. The largest absolute Gasteiger partial charge is 0.492 e. The van der Waals surface area contributed by atoms with Crippen molar-refractivity contribution in [3.63, 3.8) is 0 Å². The Hall–Kier alpha value is -2.34. The first-order chi connectivity index (χ1) is 14.2. The number of carbonyl (C=O) groups is 1. The van der Waals surface area contributed by atoms with Crippen molar-refractivity contribution in [3.05, 3.63) is 29.8 Å². The van der Waals surface area contributed by atoms with Gasteiger partial charge in [-0.3, -0.25) is 4.90 Å². The summed E-state index contributed by atoms with van der Waals surface area (Å²) in [6.45, 7) is 7.27. The standard InChI is InChI=1S/C21H30N4O4/c1-27-10-11-28-8-6-23-21(26)25-15-18-13-24(14-19(18)16-25)7-9-29-20-4-2-17(12-22)3-5-20/h2-5,18-19H,6-11,13-16H2,1H3,(H,23,26). The van der Waals surface area contributed by atoms with Gasteiger partial charge >= 0.3 is 6.03 Å². The van der Waals surface area contributed by atoms with Crippen LogP contribution in [0.25, 0.3) is 0 Å². The summed E-state index contributed by atoms with van der Waals surface area (Å²) in [5.41, 5.74) is 0.636. The van der Waals surface area contributed by atoms with E-state index in [4.69, 9.17) is 19.5 Å². The van der Waals surface area contributed by atoms with Crippen molar-refractivity contribution in [2.75, 3.05) is 72.8 Å². The maximum Gasteiger partial charge on any atom is 0.317 e. The molecule has 2 fully saturated rings. The highest BCUT2D eigenvalue weighted by Gasteiger charge is 2.41. The first kappa shape index (κ1) is 21.4. The molecule has 2 amide bonds. The number of nitrogens with one attached hydrogen (secondary N) is 1. The number of likely N-dealkylation sites (tertiary alicyclic amines) is 2. The van der Waals surface area contributed by atoms with Gasteiger partial charge in [0, 0.05) is 46.4 Å². The summed E-state index contributed by atoms with van der Waals surface area (Å²) in [6.07, 6.45) is 0. The topological polar surface area (TPSA) is 87.1 Å². The van der Waals surface area contributed by atoms with Crippen LogP contribution in [0.5, 0.6) is 5.75 Å². The minimum Gasteiger partial charge on any atom is -0.492 e. The highest BCUT2D eigenvalue weighted by molar-refractivity contribution is 5.74. The molecule has 158 valence electrons. The predicted octanol–water partition coefficient (Wildman–Crippen LogP) is 1.17. The van der Waals surface area contributed by atoms with Gasteiger partial charge < -0.3 is 24.4 Å². The van der Waals surface area contributed by atoms with Crippen LogP contribution in [0.4, 0.5) is 4.79 Å². The molecular weight excluding hydrogens is 372 g/mol. The van der Waals surface area contributed by atoms with Crippen LogP contribution < -0.4 is 10.1 Å². The van der Waals surface area contributed by atoms with Crippen LogP contribution in [0.1, 0.15) is 5.56 Å². The number of nitriles is 1. The maximum absolute atomic E-state index is 12.3. The van der Waals surface area contributed by atoms with Gasteiger partial charge in [0.15, 0.2) is 0 Å². The molecule has 0 radical (unpaired) electrons. The lowest BCUT2D eigenvalue weighted by molar-refractivity contribution is 0.0721. The Morgan fingerprint density at radius 1 is 1.10 bits per heavy atom. The predicted molar refractivity (Wildman–Crippen MR) is 108 cm³/mol. The number of urea groups is 1. The number of hydrogen-bond donors (Lipinski definition) is 1. The smallest absolute Gasteiger partial charge is 0.317 e. The van der Waals surface area contributed by atoms with Crippen LogP contribution >= 0.6 is 0 Å². The molecule has 2 atom stereocenters. The van der Waals surface area contributed by atoms with E-state index in [1.54, 1.807) is 19.2 Å². The number of ether oxygens (including phenoxy) is 3. The third-order valence-electron chi connectivity index (χ3n) is 5.46. The van der Waals surface area contributed by atoms with Crippen LogP contribution in [0, 0.1) is 23.2 Å². The molecular formula is C21H30N4O4. The van der Waals surface area contributed by atoms with Gasteiger partial charge in [-0.15, -0.1) is 0 Å². The van der Waals surface area contributed by atoms with Crippen LogP contribution in [0.15, 0.2) is 24.3 Å². The highest BCUT2D eigenvalue weighted by Crippen LogP contribution is 2.30. The quantitative estimate of drug-likeness (QED) is 0.592. The van der Waals surface area contributed by atoms with Gasteiger partial charge in [-0.1, -0.05) is 0 Å². The molecule has 0 spiro atoms. The summed E-state index contributed by atoms with van der Waals surface area (Å²) in [5.74, 6) is 1.86. The van der Waals surface area contributed by atoms with Gasteiger partial charge in [0.05, 0.1) is 31.5 Å². The van der Waals surface area contributed by atoms with E-state index in [9.17, 15) is 4.79 Å². The van der Waals surface area contributed by atoms with Gasteiger partial charge in [0.1, 0.15) is 12.4 Å². The average Bonchev–Trinajstić information content (AvgIpc) is 3.30. The molecule has 1 aromatic rings. The molecule has 1 N–H and O–H groups in total. The summed E-state index contributed by atoms with van der Waals surface area (Å²) in [6, 6.07) is 9.30. The zero-order valence-corrected chi connectivity index (χ0v) is 17.0. The maximum atomic E-state index is 12.3. The van der Waals surface area contributed by atoms with Crippen molar-refractivity contribution < 1.29 is 19.0 Å². The molecule has 0 saturated carbocycles. The summed E-state index contributed by atoms with van der Waals surface area (Å²) >= 11 is 0. The molecule has 3 rings (SSSR count). The van der Waals surface area contributed by atoms with Crippen LogP contribution in [0.3, 0.4) is 0 Å². The first-order valence-electron chi connectivity index (χ1n) is 10.1. The van der Waals surface area contributed by atoms with Gasteiger partial charge in [-0.25, -0.2) is 4.79 Å². The normalized spacial score (nSPS) is 21.0. The van der Waals surface area contributed by atoms with E-state index in [0.717, 1.165) is 38.5 Å². The van der Waals surface area contributed by atoms with E-state index in [-0.39, 0.29) is 6.03 Å². The van der Waals surface area contributed by atoms with E-state index >= 15 is 0 Å². The number of hydrogen-bond acceptors (Lipinski definition) is 6. The summed E-state index contributed by atoms with van der Waals surface area (Å²) in [5, 5.41) is 11.8. The number of benzene rings is 1. The third kappa shape index (κ3) is 6.32. The lowest BCUT2D eigenvalue weighted by Gasteiger charge is -2.22. The van der Waals surface area contributed by atoms with Crippen molar-refractivity contribution in [2.24, 2.45) is 11.8 Å². The Balaban J connectivity index is 1.29. The zero-order valence-electron chi connectivity index (χ0n) is 17.0. The van der Waals surface area contributed by atoms with Crippen LogP contribution in [-0.2, 0) is 9.47 Å². The second kappa shape index (κ2) is 11.0. The molecule has 8 nitrogen and oxygen atoms in total. The van der Waals surface area contributed by atoms with Gasteiger partial charge in [-0.05, 0) is 36.1 Å². The van der Waals surface area contributed by atoms with E-state index in [0.29, 0.717) is 50.4 Å². The fraction of sp³-hybridized carbons (Fsp3) is 0.619. The Labute approximate surface area is 172 Å². The van der Waals surface area contributed by atoms with Crippen molar-refractivity contribution >= 4 is 6.03 Å². The average molecular weight is 402 g/mol. The van der Waals surface area contributed by atoms with Crippen molar-refractivity contribution in [3.8, 4) is 11.8 Å². The molecule has 1 aromatic carbocycles. The Morgan fingerprint density at radius 2 is 1.83 bits per heavy atom. The fourth-order valence-electron chi connectivity index (χ4n) is 3.94. The summed E-state index contributed by atoms with van der Waals surface area (Å²) in [7, 11) is 1.64. The zero-order chi connectivity index (χ0) is 20.5. The lowest BCUT2D eigenvalue weighted by atomic mass is 10.0. The number of rotatable bonds is 10. The Bertz CT molecular complexity index is 677. The monoisotopic (exact) mass is 402 g/mol. The van der Waals surface area contributed by atoms with Crippen LogP contribution in [-0.4, -0.2) is 88.6 Å². The number of amides is 2. The highest BCUT2D eigenvalue weighted by atomic mass is 16.5. The molecule has 2 saturated heterocycles. The van der Waals surface area contributed by atoms with Crippen molar-refractivity contribution in [1.29, 1.82) is 5.26 Å². The number of fused-ring (bicyclic) bond motifs is 1. The molecule has 0 aromatic heterocycles. The first-order valence-corrected chi connectivity index (χ1v) is 10.1. The van der Waals surface area contributed by atoms with E-state index < -0.39 is 0 Å². The molecule has 2 unspecified atom stereocenters. The fourth-order valence-corrected chi connectivity index (χ4v) is 3.94. The third-order valence-corrected chi connectivity index (χ3v) is 5.46. The molecule has 2 aliphatic rings. The second-order valence-electron chi connectivity index (χ2n) is 7.51. The summed E-state index contributed by atoms with van der Waals surface area (Å²) in [4.78, 5) is 16.6. The molecule has 2 heterocycles. The Morgan fingerprint density at radius 3 is 2.48 bits per heavy atom. The van der Waals surface area contributed by atoms with Crippen molar-refractivity contribution in [2.45, 2.75) is 0 Å². The van der Waals surface area contributed by atoms with E-state index in [1.165, 1.54) is 0 Å². The van der Waals surface area contributed by atoms with Gasteiger partial charge in [0.25, 0.3) is 0 Å². The van der Waals surface area contributed by atoms with Crippen LogP contribution in [0.2, 0.25) is 0 Å². The Kier molecular flexibility index (Phi) is 8.11. The van der Waals surface area contributed by atoms with Gasteiger partial charge in [-0.2, -0.15) is 5.26 Å². The SMILES string of the molecule is COCCOCCNC(=O)N1CC2CN(CCOc3ccc(C#N)cc3)CC2C1. The molecule has 0 bridgehead atoms. The number of nitrogens with zero attached hydrogens (tertiary/aromatic N) is 3. The molecule has 2 aliphatic heterocycles. The second-order valence-corrected chi connectivity index (χ2v) is 7.51.